The zero-order valence-electron chi connectivity index (χ0n) is 9.64. The molecule has 0 amide bonds. The minimum absolute atomic E-state index is 0.0960. The predicted octanol–water partition coefficient (Wildman–Crippen LogP) is 1.34. The first kappa shape index (κ1) is 12.8. The van der Waals surface area contributed by atoms with Crippen LogP contribution in [0.25, 0.3) is 0 Å². The Kier molecular flexibility index (Phi) is 5.08. The molecule has 1 aromatic rings. The van der Waals surface area contributed by atoms with Crippen molar-refractivity contribution < 1.29 is 19.7 Å². The highest BCUT2D eigenvalue weighted by Crippen LogP contribution is 2.24. The van der Waals surface area contributed by atoms with Gasteiger partial charge < -0.3 is 19.7 Å². The molecule has 4 nitrogen and oxygen atoms in total. The van der Waals surface area contributed by atoms with Gasteiger partial charge in [0.2, 0.25) is 0 Å². The van der Waals surface area contributed by atoms with E-state index in [1.807, 2.05) is 0 Å². The number of hydrogen-bond acceptors (Lipinski definition) is 4. The van der Waals surface area contributed by atoms with Crippen LogP contribution in [0.5, 0.6) is 11.5 Å². The number of rotatable bonds is 6. The molecular weight excluding hydrogens is 208 g/mol. The van der Waals surface area contributed by atoms with Gasteiger partial charge in [0, 0.05) is 12.0 Å². The molecule has 0 heterocycles. The summed E-state index contributed by atoms with van der Waals surface area (Å²) in [5, 5.41) is 18.3. The standard InChI is InChI=1S/C12H18O4/c1-9(14)5-6-16-12-4-3-11(15-2)7-10(12)8-13/h3-4,7,9,13-14H,5-6,8H2,1-2H3. The molecule has 2 N–H and O–H groups in total. The van der Waals surface area contributed by atoms with E-state index in [2.05, 4.69) is 0 Å². The lowest BCUT2D eigenvalue weighted by molar-refractivity contribution is 0.154. The Labute approximate surface area is 95.4 Å². The lowest BCUT2D eigenvalue weighted by Crippen LogP contribution is -2.08. The second-order valence-electron chi connectivity index (χ2n) is 3.62. The monoisotopic (exact) mass is 226 g/mol. The van der Waals surface area contributed by atoms with Crippen molar-refractivity contribution in [3.63, 3.8) is 0 Å². The van der Waals surface area contributed by atoms with Gasteiger partial charge in [-0.3, -0.25) is 0 Å². The third-order valence-electron chi connectivity index (χ3n) is 2.23. The van der Waals surface area contributed by atoms with Crippen LogP contribution in [-0.4, -0.2) is 30.0 Å². The Hall–Kier alpha value is -1.26. The summed E-state index contributed by atoms with van der Waals surface area (Å²) in [6.07, 6.45) is 0.188. The minimum Gasteiger partial charge on any atom is -0.497 e. The number of aliphatic hydroxyl groups is 2. The fourth-order valence-corrected chi connectivity index (χ4v) is 1.29. The van der Waals surface area contributed by atoms with Gasteiger partial charge in [0.15, 0.2) is 0 Å². The van der Waals surface area contributed by atoms with Crippen molar-refractivity contribution in [1.29, 1.82) is 0 Å². The van der Waals surface area contributed by atoms with Gasteiger partial charge in [0.1, 0.15) is 11.5 Å². The highest BCUT2D eigenvalue weighted by Gasteiger charge is 2.05. The molecule has 90 valence electrons. The first-order valence-electron chi connectivity index (χ1n) is 5.26. The summed E-state index contributed by atoms with van der Waals surface area (Å²) in [4.78, 5) is 0. The van der Waals surface area contributed by atoms with E-state index in [9.17, 15) is 0 Å². The smallest absolute Gasteiger partial charge is 0.125 e. The van der Waals surface area contributed by atoms with Crippen LogP contribution in [0.15, 0.2) is 18.2 Å². The molecule has 1 rings (SSSR count). The normalized spacial score (nSPS) is 12.2. The number of ether oxygens (including phenoxy) is 2. The molecule has 4 heteroatoms. The summed E-state index contributed by atoms with van der Waals surface area (Å²) in [6.45, 7) is 2.04. The topological polar surface area (TPSA) is 58.9 Å². The van der Waals surface area contributed by atoms with E-state index in [1.54, 1.807) is 32.2 Å². The summed E-state index contributed by atoms with van der Waals surface area (Å²) in [7, 11) is 1.57. The average molecular weight is 226 g/mol. The predicted molar refractivity (Wildman–Crippen MR) is 60.7 cm³/mol. The molecule has 0 radical (unpaired) electrons. The molecule has 1 atom stereocenters. The molecule has 0 aliphatic heterocycles. The second-order valence-corrected chi connectivity index (χ2v) is 3.62. The quantitative estimate of drug-likeness (QED) is 0.768. The number of aliphatic hydroxyl groups excluding tert-OH is 2. The van der Waals surface area contributed by atoms with E-state index < -0.39 is 0 Å². The third-order valence-corrected chi connectivity index (χ3v) is 2.23. The zero-order valence-corrected chi connectivity index (χ0v) is 9.64. The van der Waals surface area contributed by atoms with Crippen molar-refractivity contribution in [3.05, 3.63) is 23.8 Å². The lowest BCUT2D eigenvalue weighted by atomic mass is 10.2. The van der Waals surface area contributed by atoms with E-state index in [0.717, 1.165) is 0 Å². The van der Waals surface area contributed by atoms with E-state index in [0.29, 0.717) is 30.1 Å². The van der Waals surface area contributed by atoms with Crippen molar-refractivity contribution in [1.82, 2.24) is 0 Å². The lowest BCUT2D eigenvalue weighted by Gasteiger charge is -2.12. The molecule has 1 aromatic carbocycles. The van der Waals surface area contributed by atoms with Crippen LogP contribution in [-0.2, 0) is 6.61 Å². The fraction of sp³-hybridized carbons (Fsp3) is 0.500. The van der Waals surface area contributed by atoms with Crippen LogP contribution in [0.4, 0.5) is 0 Å². The van der Waals surface area contributed by atoms with Crippen LogP contribution in [0.1, 0.15) is 18.9 Å². The number of hydrogen-bond donors (Lipinski definition) is 2. The van der Waals surface area contributed by atoms with E-state index >= 15 is 0 Å². The first-order valence-corrected chi connectivity index (χ1v) is 5.26. The Balaban J connectivity index is 2.64. The number of benzene rings is 1. The van der Waals surface area contributed by atoms with Crippen LogP contribution in [0, 0.1) is 0 Å². The molecule has 16 heavy (non-hydrogen) atoms. The van der Waals surface area contributed by atoms with Crippen molar-refractivity contribution in [2.75, 3.05) is 13.7 Å². The molecule has 0 aliphatic carbocycles. The molecule has 0 aromatic heterocycles. The van der Waals surface area contributed by atoms with E-state index in [1.165, 1.54) is 0 Å². The molecule has 0 bridgehead atoms. The van der Waals surface area contributed by atoms with Gasteiger partial charge in [-0.2, -0.15) is 0 Å². The van der Waals surface area contributed by atoms with Crippen molar-refractivity contribution in [2.45, 2.75) is 26.1 Å². The van der Waals surface area contributed by atoms with E-state index in [4.69, 9.17) is 19.7 Å². The minimum atomic E-state index is -0.379. The SMILES string of the molecule is COc1ccc(OCCC(C)O)c(CO)c1. The molecule has 0 saturated heterocycles. The Bertz CT molecular complexity index is 323. The Morgan fingerprint density at radius 1 is 1.38 bits per heavy atom. The highest BCUT2D eigenvalue weighted by atomic mass is 16.5. The van der Waals surface area contributed by atoms with Crippen LogP contribution < -0.4 is 9.47 Å². The average Bonchev–Trinajstić information content (AvgIpc) is 2.29. The van der Waals surface area contributed by atoms with Gasteiger partial charge in [-0.05, 0) is 25.1 Å². The highest BCUT2D eigenvalue weighted by molar-refractivity contribution is 5.39. The molecule has 0 spiro atoms. The molecule has 0 aliphatic rings. The molecule has 0 saturated carbocycles. The largest absolute Gasteiger partial charge is 0.497 e. The van der Waals surface area contributed by atoms with Crippen molar-refractivity contribution in [2.24, 2.45) is 0 Å². The van der Waals surface area contributed by atoms with Gasteiger partial charge in [-0.15, -0.1) is 0 Å². The second kappa shape index (κ2) is 6.35. The summed E-state index contributed by atoms with van der Waals surface area (Å²) in [6, 6.07) is 5.26. The molecular formula is C12H18O4. The van der Waals surface area contributed by atoms with Gasteiger partial charge in [0.25, 0.3) is 0 Å². The first-order chi connectivity index (χ1) is 7.67. The van der Waals surface area contributed by atoms with Crippen LogP contribution in [0.3, 0.4) is 0 Å². The van der Waals surface area contributed by atoms with Gasteiger partial charge >= 0.3 is 0 Å². The van der Waals surface area contributed by atoms with Crippen molar-refractivity contribution in [3.8, 4) is 11.5 Å². The Morgan fingerprint density at radius 2 is 2.12 bits per heavy atom. The van der Waals surface area contributed by atoms with E-state index in [-0.39, 0.29) is 12.7 Å². The van der Waals surface area contributed by atoms with Crippen LogP contribution >= 0.6 is 0 Å². The van der Waals surface area contributed by atoms with Crippen molar-refractivity contribution >= 4 is 0 Å². The maximum absolute atomic E-state index is 9.16. The zero-order chi connectivity index (χ0) is 12.0. The summed E-state index contributed by atoms with van der Waals surface area (Å²) in [5.41, 5.74) is 0.685. The van der Waals surface area contributed by atoms with Crippen LogP contribution in [0.2, 0.25) is 0 Å². The summed E-state index contributed by atoms with van der Waals surface area (Å²) >= 11 is 0. The number of methoxy groups -OCH3 is 1. The third kappa shape index (κ3) is 3.72. The summed E-state index contributed by atoms with van der Waals surface area (Å²) < 4.78 is 10.5. The maximum atomic E-state index is 9.16. The fourth-order valence-electron chi connectivity index (χ4n) is 1.29. The summed E-state index contributed by atoms with van der Waals surface area (Å²) in [5.74, 6) is 1.32. The Morgan fingerprint density at radius 3 is 2.69 bits per heavy atom. The molecule has 0 fully saturated rings. The van der Waals surface area contributed by atoms with Gasteiger partial charge in [0.05, 0.1) is 26.4 Å². The molecule has 1 unspecified atom stereocenters. The van der Waals surface area contributed by atoms with Gasteiger partial charge in [-0.25, -0.2) is 0 Å². The maximum Gasteiger partial charge on any atom is 0.125 e. The van der Waals surface area contributed by atoms with Gasteiger partial charge in [-0.1, -0.05) is 0 Å².